The van der Waals surface area contributed by atoms with Gasteiger partial charge in [0.1, 0.15) is 0 Å². The van der Waals surface area contributed by atoms with Crippen LogP contribution in [0, 0.1) is 0 Å². The van der Waals surface area contributed by atoms with E-state index in [2.05, 4.69) is 5.32 Å². The zero-order valence-corrected chi connectivity index (χ0v) is 11.8. The molecule has 1 aromatic rings. The topological polar surface area (TPSA) is 58.6 Å². The van der Waals surface area contributed by atoms with Crippen molar-refractivity contribution in [2.24, 2.45) is 0 Å². The molecule has 0 unspecified atom stereocenters. The van der Waals surface area contributed by atoms with Gasteiger partial charge in [0, 0.05) is 6.54 Å². The second-order valence-electron chi connectivity index (χ2n) is 5.50. The van der Waals surface area contributed by atoms with Gasteiger partial charge in [-0.1, -0.05) is 43.2 Å². The third kappa shape index (κ3) is 4.94. The standard InChI is InChI=1S/C16H23NO3/c18-15(12-16(19)8-4-5-9-16)17-10-11-20-13-14-6-2-1-3-7-14/h1-3,6-7,19H,4-5,8-13H2,(H,17,18). The molecule has 1 saturated carbocycles. The molecule has 2 rings (SSSR count). The molecule has 0 aliphatic heterocycles. The van der Waals surface area contributed by atoms with Crippen LogP contribution in [-0.4, -0.2) is 29.8 Å². The highest BCUT2D eigenvalue weighted by atomic mass is 16.5. The van der Waals surface area contributed by atoms with E-state index in [1.54, 1.807) is 0 Å². The van der Waals surface area contributed by atoms with E-state index in [1.165, 1.54) is 0 Å². The zero-order valence-electron chi connectivity index (χ0n) is 11.8. The first kappa shape index (κ1) is 15.0. The van der Waals surface area contributed by atoms with Gasteiger partial charge in [-0.25, -0.2) is 0 Å². The van der Waals surface area contributed by atoms with Crippen molar-refractivity contribution in [1.82, 2.24) is 5.32 Å². The molecule has 1 aliphatic rings. The SMILES string of the molecule is O=C(CC1(O)CCCC1)NCCOCc1ccccc1. The summed E-state index contributed by atoms with van der Waals surface area (Å²) in [5, 5.41) is 12.9. The molecule has 0 heterocycles. The van der Waals surface area contributed by atoms with Crippen molar-refractivity contribution < 1.29 is 14.6 Å². The first-order valence-electron chi connectivity index (χ1n) is 7.29. The van der Waals surface area contributed by atoms with Crippen LogP contribution in [0.1, 0.15) is 37.7 Å². The minimum Gasteiger partial charge on any atom is -0.389 e. The number of carbonyl (C=O) groups is 1. The number of amides is 1. The van der Waals surface area contributed by atoms with Crippen molar-refractivity contribution in [1.29, 1.82) is 0 Å². The molecule has 110 valence electrons. The summed E-state index contributed by atoms with van der Waals surface area (Å²) in [6.07, 6.45) is 3.73. The molecule has 1 fully saturated rings. The summed E-state index contributed by atoms with van der Waals surface area (Å²) < 4.78 is 5.49. The molecular weight excluding hydrogens is 254 g/mol. The van der Waals surface area contributed by atoms with Crippen LogP contribution in [0.5, 0.6) is 0 Å². The van der Waals surface area contributed by atoms with Gasteiger partial charge in [-0.05, 0) is 18.4 Å². The summed E-state index contributed by atoms with van der Waals surface area (Å²) in [6.45, 7) is 1.53. The minimum absolute atomic E-state index is 0.0855. The second kappa shape index (κ2) is 7.41. The number of nitrogens with one attached hydrogen (secondary N) is 1. The van der Waals surface area contributed by atoms with Crippen LogP contribution in [0.25, 0.3) is 0 Å². The number of rotatable bonds is 7. The third-order valence-electron chi connectivity index (χ3n) is 3.70. The Morgan fingerprint density at radius 1 is 1.25 bits per heavy atom. The van der Waals surface area contributed by atoms with E-state index in [0.29, 0.717) is 19.8 Å². The van der Waals surface area contributed by atoms with Crippen LogP contribution < -0.4 is 5.32 Å². The number of hydrogen-bond acceptors (Lipinski definition) is 3. The minimum atomic E-state index is -0.769. The first-order valence-corrected chi connectivity index (χ1v) is 7.29. The Hall–Kier alpha value is -1.39. The third-order valence-corrected chi connectivity index (χ3v) is 3.70. The quantitative estimate of drug-likeness (QED) is 0.750. The maximum atomic E-state index is 11.7. The molecule has 4 heteroatoms. The Balaban J connectivity index is 1.55. The summed E-state index contributed by atoms with van der Waals surface area (Å²) >= 11 is 0. The van der Waals surface area contributed by atoms with E-state index in [9.17, 15) is 9.90 Å². The summed E-state index contributed by atoms with van der Waals surface area (Å²) in [6, 6.07) is 9.94. The maximum Gasteiger partial charge on any atom is 0.222 e. The van der Waals surface area contributed by atoms with Gasteiger partial charge in [0.2, 0.25) is 5.91 Å². The average Bonchev–Trinajstić information content (AvgIpc) is 2.86. The molecule has 0 saturated heterocycles. The van der Waals surface area contributed by atoms with Gasteiger partial charge >= 0.3 is 0 Å². The average molecular weight is 277 g/mol. The molecule has 2 N–H and O–H groups in total. The van der Waals surface area contributed by atoms with Crippen LogP contribution >= 0.6 is 0 Å². The normalized spacial score (nSPS) is 17.1. The van der Waals surface area contributed by atoms with Crippen molar-refractivity contribution in [3.8, 4) is 0 Å². The van der Waals surface area contributed by atoms with E-state index in [0.717, 1.165) is 31.2 Å². The molecule has 1 aromatic carbocycles. The molecule has 1 aliphatic carbocycles. The van der Waals surface area contributed by atoms with Crippen LogP contribution in [-0.2, 0) is 16.1 Å². The van der Waals surface area contributed by atoms with Gasteiger partial charge in [0.15, 0.2) is 0 Å². The molecule has 0 bridgehead atoms. The summed E-state index contributed by atoms with van der Waals surface area (Å²) in [5.74, 6) is -0.0855. The fraction of sp³-hybridized carbons (Fsp3) is 0.562. The van der Waals surface area contributed by atoms with Gasteiger partial charge in [0.25, 0.3) is 0 Å². The fourth-order valence-corrected chi connectivity index (χ4v) is 2.60. The Morgan fingerprint density at radius 3 is 2.65 bits per heavy atom. The van der Waals surface area contributed by atoms with E-state index in [4.69, 9.17) is 4.74 Å². The maximum absolute atomic E-state index is 11.7. The second-order valence-corrected chi connectivity index (χ2v) is 5.50. The predicted octanol–water partition coefficient (Wildman–Crippen LogP) is 2.01. The summed E-state index contributed by atoms with van der Waals surface area (Å²) in [7, 11) is 0. The Bertz CT molecular complexity index is 413. The molecule has 0 atom stereocenters. The largest absolute Gasteiger partial charge is 0.389 e. The first-order chi connectivity index (χ1) is 9.68. The highest BCUT2D eigenvalue weighted by Crippen LogP contribution is 2.32. The highest BCUT2D eigenvalue weighted by molar-refractivity contribution is 5.77. The number of benzene rings is 1. The molecule has 0 spiro atoms. The van der Waals surface area contributed by atoms with Crippen molar-refractivity contribution in [2.75, 3.05) is 13.2 Å². The van der Waals surface area contributed by atoms with Gasteiger partial charge in [0.05, 0.1) is 25.2 Å². The highest BCUT2D eigenvalue weighted by Gasteiger charge is 2.33. The molecule has 0 aromatic heterocycles. The van der Waals surface area contributed by atoms with Crippen LogP contribution in [0.3, 0.4) is 0 Å². The van der Waals surface area contributed by atoms with E-state index in [-0.39, 0.29) is 12.3 Å². The smallest absolute Gasteiger partial charge is 0.222 e. The van der Waals surface area contributed by atoms with E-state index >= 15 is 0 Å². The number of aliphatic hydroxyl groups is 1. The van der Waals surface area contributed by atoms with Crippen LogP contribution in [0.4, 0.5) is 0 Å². The number of ether oxygens (including phenoxy) is 1. The Morgan fingerprint density at radius 2 is 1.95 bits per heavy atom. The molecule has 4 nitrogen and oxygen atoms in total. The predicted molar refractivity (Wildman–Crippen MR) is 77.1 cm³/mol. The Kier molecular flexibility index (Phi) is 5.56. The lowest BCUT2D eigenvalue weighted by molar-refractivity contribution is -0.126. The van der Waals surface area contributed by atoms with Crippen molar-refractivity contribution in [3.63, 3.8) is 0 Å². The van der Waals surface area contributed by atoms with Gasteiger partial charge in [-0.2, -0.15) is 0 Å². The lowest BCUT2D eigenvalue weighted by Gasteiger charge is -2.21. The molecule has 1 amide bonds. The monoisotopic (exact) mass is 277 g/mol. The van der Waals surface area contributed by atoms with E-state index < -0.39 is 5.60 Å². The molecule has 0 radical (unpaired) electrons. The summed E-state index contributed by atoms with van der Waals surface area (Å²) in [4.78, 5) is 11.7. The van der Waals surface area contributed by atoms with Gasteiger partial charge in [-0.15, -0.1) is 0 Å². The number of hydrogen-bond donors (Lipinski definition) is 2. The van der Waals surface area contributed by atoms with Crippen molar-refractivity contribution in [2.45, 2.75) is 44.3 Å². The van der Waals surface area contributed by atoms with Crippen molar-refractivity contribution in [3.05, 3.63) is 35.9 Å². The van der Waals surface area contributed by atoms with Crippen LogP contribution in [0.2, 0.25) is 0 Å². The fourth-order valence-electron chi connectivity index (χ4n) is 2.60. The molecular formula is C16H23NO3. The molecule has 20 heavy (non-hydrogen) atoms. The zero-order chi connectivity index (χ0) is 14.3. The Labute approximate surface area is 120 Å². The van der Waals surface area contributed by atoms with Crippen molar-refractivity contribution >= 4 is 5.91 Å². The van der Waals surface area contributed by atoms with Gasteiger partial charge in [-0.3, -0.25) is 4.79 Å². The lowest BCUT2D eigenvalue weighted by atomic mass is 9.98. The van der Waals surface area contributed by atoms with Crippen LogP contribution in [0.15, 0.2) is 30.3 Å². The lowest BCUT2D eigenvalue weighted by Crippen LogP contribution is -2.36. The van der Waals surface area contributed by atoms with E-state index in [1.807, 2.05) is 30.3 Å². The summed E-state index contributed by atoms with van der Waals surface area (Å²) in [5.41, 5.74) is 0.355. The van der Waals surface area contributed by atoms with Gasteiger partial charge < -0.3 is 15.2 Å². The number of carbonyl (C=O) groups excluding carboxylic acids is 1.